The first-order valence-electron chi connectivity index (χ1n) is 6.94. The predicted octanol–water partition coefficient (Wildman–Crippen LogP) is 3.57. The van der Waals surface area contributed by atoms with E-state index in [4.69, 9.17) is 4.74 Å². The fourth-order valence-electron chi connectivity index (χ4n) is 2.61. The minimum Gasteiger partial charge on any atom is -0.488 e. The second-order valence-electron chi connectivity index (χ2n) is 6.13. The van der Waals surface area contributed by atoms with Crippen molar-refractivity contribution in [1.82, 2.24) is 0 Å². The quantitative estimate of drug-likeness (QED) is 0.886. The van der Waals surface area contributed by atoms with Crippen LogP contribution in [0.4, 0.5) is 0 Å². The Morgan fingerprint density at radius 2 is 1.94 bits per heavy atom. The molecule has 100 valence electrons. The summed E-state index contributed by atoms with van der Waals surface area (Å²) in [6.07, 6.45) is 3.47. The molecule has 1 aliphatic rings. The monoisotopic (exact) mass is 248 g/mol. The van der Waals surface area contributed by atoms with Gasteiger partial charge in [0.05, 0.1) is 6.10 Å². The van der Waals surface area contributed by atoms with Gasteiger partial charge < -0.3 is 9.84 Å². The van der Waals surface area contributed by atoms with Gasteiger partial charge in [0.15, 0.2) is 0 Å². The van der Waals surface area contributed by atoms with Gasteiger partial charge in [-0.25, -0.2) is 0 Å². The van der Waals surface area contributed by atoms with Gasteiger partial charge in [0.25, 0.3) is 0 Å². The standard InChI is InChI=1S/C16H24O2/c1-4-12-5-7-13(8-6-12)18-15-11-16(2,3)10-9-14(15)17/h5-8,14-15,17H,4,9-11H2,1-3H3. The Kier molecular flexibility index (Phi) is 3.96. The van der Waals surface area contributed by atoms with Crippen LogP contribution in [0, 0.1) is 5.41 Å². The third-order valence-corrected chi connectivity index (χ3v) is 3.92. The van der Waals surface area contributed by atoms with Crippen molar-refractivity contribution >= 4 is 0 Å². The van der Waals surface area contributed by atoms with Gasteiger partial charge in [0.2, 0.25) is 0 Å². The zero-order valence-electron chi connectivity index (χ0n) is 11.6. The molecule has 1 fully saturated rings. The molecule has 2 nitrogen and oxygen atoms in total. The number of hydrogen-bond donors (Lipinski definition) is 1. The third-order valence-electron chi connectivity index (χ3n) is 3.92. The summed E-state index contributed by atoms with van der Waals surface area (Å²) in [5.74, 6) is 0.869. The summed E-state index contributed by atoms with van der Waals surface area (Å²) < 4.78 is 5.95. The molecule has 0 aliphatic heterocycles. The lowest BCUT2D eigenvalue weighted by atomic mass is 9.75. The lowest BCUT2D eigenvalue weighted by molar-refractivity contribution is -0.0304. The molecule has 1 aliphatic carbocycles. The highest BCUT2D eigenvalue weighted by Crippen LogP contribution is 2.37. The van der Waals surface area contributed by atoms with Crippen molar-refractivity contribution in [1.29, 1.82) is 0 Å². The van der Waals surface area contributed by atoms with Gasteiger partial charge in [-0.1, -0.05) is 32.9 Å². The van der Waals surface area contributed by atoms with Gasteiger partial charge in [-0.3, -0.25) is 0 Å². The van der Waals surface area contributed by atoms with E-state index in [0.717, 1.165) is 31.4 Å². The Morgan fingerprint density at radius 3 is 2.56 bits per heavy atom. The maximum absolute atomic E-state index is 10.0. The summed E-state index contributed by atoms with van der Waals surface area (Å²) in [4.78, 5) is 0. The van der Waals surface area contributed by atoms with Gasteiger partial charge in [-0.05, 0) is 48.8 Å². The topological polar surface area (TPSA) is 29.5 Å². The van der Waals surface area contributed by atoms with Crippen LogP contribution in [0.15, 0.2) is 24.3 Å². The maximum atomic E-state index is 10.0. The molecule has 0 heterocycles. The average molecular weight is 248 g/mol. The number of aryl methyl sites for hydroxylation is 1. The van der Waals surface area contributed by atoms with Crippen LogP contribution >= 0.6 is 0 Å². The number of hydrogen-bond acceptors (Lipinski definition) is 2. The lowest BCUT2D eigenvalue weighted by Gasteiger charge is -2.38. The van der Waals surface area contributed by atoms with E-state index in [1.807, 2.05) is 12.1 Å². The third kappa shape index (κ3) is 3.26. The Balaban J connectivity index is 2.02. The molecule has 1 saturated carbocycles. The van der Waals surface area contributed by atoms with Crippen molar-refractivity contribution in [3.8, 4) is 5.75 Å². The van der Waals surface area contributed by atoms with Gasteiger partial charge >= 0.3 is 0 Å². The molecule has 1 aromatic rings. The van der Waals surface area contributed by atoms with Crippen LogP contribution < -0.4 is 4.74 Å². The second-order valence-corrected chi connectivity index (χ2v) is 6.13. The highest BCUT2D eigenvalue weighted by Gasteiger charge is 2.35. The molecule has 1 aromatic carbocycles. The van der Waals surface area contributed by atoms with Crippen molar-refractivity contribution in [3.05, 3.63) is 29.8 Å². The van der Waals surface area contributed by atoms with E-state index >= 15 is 0 Å². The average Bonchev–Trinajstić information content (AvgIpc) is 2.35. The van der Waals surface area contributed by atoms with Crippen molar-refractivity contribution < 1.29 is 9.84 Å². The number of rotatable bonds is 3. The van der Waals surface area contributed by atoms with Crippen LogP contribution in [0.3, 0.4) is 0 Å². The normalized spacial score (nSPS) is 26.9. The molecular formula is C16H24O2. The van der Waals surface area contributed by atoms with E-state index in [1.165, 1.54) is 5.56 Å². The first-order valence-corrected chi connectivity index (χ1v) is 6.94. The first kappa shape index (κ1) is 13.4. The molecule has 2 atom stereocenters. The summed E-state index contributed by atoms with van der Waals surface area (Å²) in [6.45, 7) is 6.63. The van der Waals surface area contributed by atoms with Gasteiger partial charge in [0.1, 0.15) is 11.9 Å². The van der Waals surface area contributed by atoms with E-state index in [9.17, 15) is 5.11 Å². The summed E-state index contributed by atoms with van der Waals surface area (Å²) in [6, 6.07) is 8.20. The summed E-state index contributed by atoms with van der Waals surface area (Å²) in [7, 11) is 0. The zero-order chi connectivity index (χ0) is 13.2. The van der Waals surface area contributed by atoms with Gasteiger partial charge in [-0.15, -0.1) is 0 Å². The summed E-state index contributed by atoms with van der Waals surface area (Å²) in [5, 5.41) is 10.0. The molecular weight excluding hydrogens is 224 g/mol. The fraction of sp³-hybridized carbons (Fsp3) is 0.625. The Morgan fingerprint density at radius 1 is 1.28 bits per heavy atom. The van der Waals surface area contributed by atoms with E-state index in [0.29, 0.717) is 0 Å². The molecule has 0 amide bonds. The Labute approximate surface area is 110 Å². The highest BCUT2D eigenvalue weighted by molar-refractivity contribution is 5.27. The summed E-state index contributed by atoms with van der Waals surface area (Å²) >= 11 is 0. The predicted molar refractivity (Wildman–Crippen MR) is 73.9 cm³/mol. The number of aliphatic hydroxyl groups is 1. The molecule has 1 N–H and O–H groups in total. The molecule has 2 heteroatoms. The summed E-state index contributed by atoms with van der Waals surface area (Å²) in [5.41, 5.74) is 1.58. The van der Waals surface area contributed by atoms with Crippen LogP contribution in [0.1, 0.15) is 45.6 Å². The highest BCUT2D eigenvalue weighted by atomic mass is 16.5. The molecule has 0 aromatic heterocycles. The van der Waals surface area contributed by atoms with E-state index in [2.05, 4.69) is 32.9 Å². The number of ether oxygens (including phenoxy) is 1. The van der Waals surface area contributed by atoms with E-state index < -0.39 is 0 Å². The van der Waals surface area contributed by atoms with Crippen LogP contribution in [0.5, 0.6) is 5.75 Å². The van der Waals surface area contributed by atoms with Crippen LogP contribution in [-0.4, -0.2) is 17.3 Å². The van der Waals surface area contributed by atoms with Crippen molar-refractivity contribution in [3.63, 3.8) is 0 Å². The molecule has 2 rings (SSSR count). The second kappa shape index (κ2) is 5.31. The van der Waals surface area contributed by atoms with Crippen LogP contribution in [0.25, 0.3) is 0 Å². The van der Waals surface area contributed by atoms with Gasteiger partial charge in [-0.2, -0.15) is 0 Å². The molecule has 0 saturated heterocycles. The Hall–Kier alpha value is -1.02. The van der Waals surface area contributed by atoms with Crippen molar-refractivity contribution in [2.24, 2.45) is 5.41 Å². The minimum atomic E-state index is -0.330. The van der Waals surface area contributed by atoms with E-state index in [-0.39, 0.29) is 17.6 Å². The fourth-order valence-corrected chi connectivity index (χ4v) is 2.61. The van der Waals surface area contributed by atoms with Crippen LogP contribution in [-0.2, 0) is 6.42 Å². The maximum Gasteiger partial charge on any atom is 0.125 e. The lowest BCUT2D eigenvalue weighted by Crippen LogP contribution is -2.41. The molecule has 0 spiro atoms. The molecule has 0 bridgehead atoms. The zero-order valence-corrected chi connectivity index (χ0v) is 11.6. The van der Waals surface area contributed by atoms with Gasteiger partial charge in [0, 0.05) is 0 Å². The molecule has 18 heavy (non-hydrogen) atoms. The number of benzene rings is 1. The smallest absolute Gasteiger partial charge is 0.125 e. The minimum absolute atomic E-state index is 0.0683. The first-order chi connectivity index (χ1) is 8.50. The van der Waals surface area contributed by atoms with E-state index in [1.54, 1.807) is 0 Å². The number of aliphatic hydroxyl groups excluding tert-OH is 1. The molecule has 0 radical (unpaired) electrons. The van der Waals surface area contributed by atoms with Crippen molar-refractivity contribution in [2.45, 2.75) is 58.7 Å². The Bertz CT molecular complexity index is 381. The molecule has 2 unspecified atom stereocenters. The largest absolute Gasteiger partial charge is 0.488 e. The van der Waals surface area contributed by atoms with Crippen molar-refractivity contribution in [2.75, 3.05) is 0 Å². The van der Waals surface area contributed by atoms with Crippen LogP contribution in [0.2, 0.25) is 0 Å². The SMILES string of the molecule is CCc1ccc(OC2CC(C)(C)CCC2O)cc1.